The molecule has 124 valence electrons. The molecular weight excluding hydrogens is 291 g/mol. The van der Waals surface area contributed by atoms with Crippen LogP contribution in [-0.4, -0.2) is 29.0 Å². The van der Waals surface area contributed by atoms with Gasteiger partial charge in [0.1, 0.15) is 17.5 Å². The van der Waals surface area contributed by atoms with Gasteiger partial charge in [-0.1, -0.05) is 26.0 Å². The zero-order chi connectivity index (χ0) is 17.0. The molecule has 1 heterocycles. The Balaban J connectivity index is 2.08. The van der Waals surface area contributed by atoms with Crippen LogP contribution in [0.3, 0.4) is 0 Å². The molecule has 0 aliphatic carbocycles. The Hall–Kier alpha value is -2.01. The van der Waals surface area contributed by atoms with Crippen molar-refractivity contribution >= 4 is 5.82 Å². The van der Waals surface area contributed by atoms with Crippen LogP contribution in [0.5, 0.6) is 0 Å². The van der Waals surface area contributed by atoms with Gasteiger partial charge in [0.2, 0.25) is 0 Å². The second-order valence-electron chi connectivity index (χ2n) is 6.42. The lowest BCUT2D eigenvalue weighted by molar-refractivity contribution is 0.392. The quantitative estimate of drug-likeness (QED) is 0.882. The molecule has 2 aromatic rings. The third-order valence-electron chi connectivity index (χ3n) is 3.47. The molecule has 0 amide bonds. The fourth-order valence-electron chi connectivity index (χ4n) is 2.30. The first kappa shape index (κ1) is 17.3. The molecule has 0 bridgehead atoms. The molecule has 0 saturated heterocycles. The summed E-state index contributed by atoms with van der Waals surface area (Å²) in [5, 5.41) is 3.26. The lowest BCUT2D eigenvalue weighted by Crippen LogP contribution is -2.12. The van der Waals surface area contributed by atoms with Crippen molar-refractivity contribution in [1.82, 2.24) is 14.9 Å². The Morgan fingerprint density at radius 2 is 1.91 bits per heavy atom. The minimum Gasteiger partial charge on any atom is -0.366 e. The summed E-state index contributed by atoms with van der Waals surface area (Å²) in [6.07, 6.45) is 0. The summed E-state index contributed by atoms with van der Waals surface area (Å²) in [6.45, 7) is 7.22. The Morgan fingerprint density at radius 1 is 1.17 bits per heavy atom. The smallest absolute Gasteiger partial charge is 0.133 e. The van der Waals surface area contributed by atoms with Gasteiger partial charge in [0.15, 0.2) is 0 Å². The Morgan fingerprint density at radius 3 is 2.52 bits per heavy atom. The first-order chi connectivity index (χ1) is 10.8. The maximum absolute atomic E-state index is 14.1. The minimum atomic E-state index is -0.167. The number of benzene rings is 1. The molecule has 0 unspecified atom stereocenters. The highest BCUT2D eigenvalue weighted by molar-refractivity contribution is 5.38. The normalized spacial score (nSPS) is 11.3. The van der Waals surface area contributed by atoms with Gasteiger partial charge in [-0.3, -0.25) is 0 Å². The summed E-state index contributed by atoms with van der Waals surface area (Å²) in [5.74, 6) is 1.71. The number of nitrogens with zero attached hydrogens (tertiary/aromatic N) is 3. The van der Waals surface area contributed by atoms with Crippen molar-refractivity contribution in [2.45, 2.75) is 39.8 Å². The molecule has 1 N–H and O–H groups in total. The van der Waals surface area contributed by atoms with Gasteiger partial charge in [0.05, 0.1) is 0 Å². The summed E-state index contributed by atoms with van der Waals surface area (Å²) < 4.78 is 14.1. The molecule has 1 aromatic carbocycles. The third kappa shape index (κ3) is 4.99. The monoisotopic (exact) mass is 316 g/mol. The van der Waals surface area contributed by atoms with Crippen molar-refractivity contribution in [2.24, 2.45) is 0 Å². The van der Waals surface area contributed by atoms with Crippen LogP contribution in [0.15, 0.2) is 24.3 Å². The van der Waals surface area contributed by atoms with Crippen LogP contribution in [0.1, 0.15) is 42.4 Å². The first-order valence-electron chi connectivity index (χ1n) is 7.86. The molecule has 23 heavy (non-hydrogen) atoms. The van der Waals surface area contributed by atoms with Crippen molar-refractivity contribution in [3.63, 3.8) is 0 Å². The summed E-state index contributed by atoms with van der Waals surface area (Å²) in [5.41, 5.74) is 2.53. The van der Waals surface area contributed by atoms with E-state index < -0.39 is 0 Å². The molecule has 0 aliphatic rings. The second-order valence-corrected chi connectivity index (χ2v) is 6.42. The van der Waals surface area contributed by atoms with E-state index in [1.54, 1.807) is 6.07 Å². The Bertz CT molecular complexity index is 668. The third-order valence-corrected chi connectivity index (χ3v) is 3.47. The number of nitrogens with one attached hydrogen (secondary N) is 1. The highest BCUT2D eigenvalue weighted by Crippen LogP contribution is 2.16. The summed E-state index contributed by atoms with van der Waals surface area (Å²) in [6, 6.07) is 7.29. The van der Waals surface area contributed by atoms with Crippen LogP contribution in [0.25, 0.3) is 0 Å². The van der Waals surface area contributed by atoms with Gasteiger partial charge in [-0.15, -0.1) is 0 Å². The lowest BCUT2D eigenvalue weighted by Gasteiger charge is -2.13. The molecular formula is C18H25FN4. The van der Waals surface area contributed by atoms with E-state index in [1.807, 2.05) is 44.1 Å². The van der Waals surface area contributed by atoms with E-state index in [2.05, 4.69) is 29.1 Å². The van der Waals surface area contributed by atoms with Crippen molar-refractivity contribution in [3.8, 4) is 0 Å². The standard InChI is InChI=1S/C18H25FN4/c1-12(2)18-21-13(3)8-17(22-18)20-10-14-6-7-15(11-23(4)5)16(19)9-14/h6-9,12H,10-11H2,1-5H3,(H,20,21,22). The zero-order valence-electron chi connectivity index (χ0n) is 14.5. The molecule has 0 saturated carbocycles. The topological polar surface area (TPSA) is 41.0 Å². The van der Waals surface area contributed by atoms with Crippen molar-refractivity contribution < 1.29 is 4.39 Å². The van der Waals surface area contributed by atoms with Crippen LogP contribution in [0, 0.1) is 12.7 Å². The van der Waals surface area contributed by atoms with Crippen molar-refractivity contribution in [1.29, 1.82) is 0 Å². The Labute approximate surface area is 137 Å². The van der Waals surface area contributed by atoms with E-state index >= 15 is 0 Å². The fraction of sp³-hybridized carbons (Fsp3) is 0.444. The highest BCUT2D eigenvalue weighted by atomic mass is 19.1. The molecule has 5 heteroatoms. The summed E-state index contributed by atoms with van der Waals surface area (Å²) >= 11 is 0. The molecule has 0 aliphatic heterocycles. The number of hydrogen-bond donors (Lipinski definition) is 1. The minimum absolute atomic E-state index is 0.167. The second kappa shape index (κ2) is 7.51. The summed E-state index contributed by atoms with van der Waals surface area (Å²) in [7, 11) is 3.86. The van der Waals surface area contributed by atoms with Crippen LogP contribution in [0.4, 0.5) is 10.2 Å². The molecule has 0 fully saturated rings. The van der Waals surface area contributed by atoms with E-state index in [0.29, 0.717) is 18.7 Å². The van der Waals surface area contributed by atoms with E-state index in [-0.39, 0.29) is 11.7 Å². The Kier molecular flexibility index (Phi) is 5.66. The number of halogens is 1. The highest BCUT2D eigenvalue weighted by Gasteiger charge is 2.08. The zero-order valence-corrected chi connectivity index (χ0v) is 14.5. The summed E-state index contributed by atoms with van der Waals surface area (Å²) in [4.78, 5) is 10.9. The van der Waals surface area contributed by atoms with Gasteiger partial charge in [-0.25, -0.2) is 14.4 Å². The first-order valence-corrected chi connectivity index (χ1v) is 7.86. The molecule has 1 aromatic heterocycles. The molecule has 0 spiro atoms. The van der Waals surface area contributed by atoms with E-state index in [4.69, 9.17) is 0 Å². The number of aromatic nitrogens is 2. The van der Waals surface area contributed by atoms with Crippen LogP contribution < -0.4 is 5.32 Å². The molecule has 4 nitrogen and oxygen atoms in total. The average Bonchev–Trinajstić information content (AvgIpc) is 2.46. The predicted octanol–water partition coefficient (Wildman–Crippen LogP) is 3.72. The van der Waals surface area contributed by atoms with Crippen LogP contribution >= 0.6 is 0 Å². The number of aryl methyl sites for hydroxylation is 1. The average molecular weight is 316 g/mol. The number of rotatable bonds is 6. The van der Waals surface area contributed by atoms with Gasteiger partial charge >= 0.3 is 0 Å². The fourth-order valence-corrected chi connectivity index (χ4v) is 2.30. The van der Waals surface area contributed by atoms with Gasteiger partial charge in [0.25, 0.3) is 0 Å². The van der Waals surface area contributed by atoms with E-state index in [0.717, 1.165) is 22.9 Å². The van der Waals surface area contributed by atoms with Gasteiger partial charge in [-0.2, -0.15) is 0 Å². The maximum atomic E-state index is 14.1. The van der Waals surface area contributed by atoms with Crippen molar-refractivity contribution in [2.75, 3.05) is 19.4 Å². The van der Waals surface area contributed by atoms with E-state index in [9.17, 15) is 4.39 Å². The van der Waals surface area contributed by atoms with Gasteiger partial charge in [-0.05, 0) is 32.6 Å². The van der Waals surface area contributed by atoms with Gasteiger partial charge in [0, 0.05) is 36.3 Å². The number of anilines is 1. The molecule has 0 radical (unpaired) electrons. The van der Waals surface area contributed by atoms with Crippen LogP contribution in [0.2, 0.25) is 0 Å². The maximum Gasteiger partial charge on any atom is 0.133 e. The van der Waals surface area contributed by atoms with Gasteiger partial charge < -0.3 is 10.2 Å². The molecule has 2 rings (SSSR count). The lowest BCUT2D eigenvalue weighted by atomic mass is 10.1. The largest absolute Gasteiger partial charge is 0.366 e. The van der Waals surface area contributed by atoms with Crippen LogP contribution in [-0.2, 0) is 13.1 Å². The predicted molar refractivity (Wildman–Crippen MR) is 92.0 cm³/mol. The van der Waals surface area contributed by atoms with Crippen molar-refractivity contribution in [3.05, 3.63) is 52.7 Å². The SMILES string of the molecule is Cc1cc(NCc2ccc(CN(C)C)c(F)c2)nc(C(C)C)n1. The molecule has 0 atom stereocenters. The van der Waals surface area contributed by atoms with E-state index in [1.165, 1.54) is 0 Å². The number of hydrogen-bond acceptors (Lipinski definition) is 4.